The van der Waals surface area contributed by atoms with Gasteiger partial charge in [0, 0.05) is 22.7 Å². The molecule has 7 nitrogen and oxygen atoms in total. The van der Waals surface area contributed by atoms with Crippen molar-refractivity contribution >= 4 is 16.9 Å². The second kappa shape index (κ2) is 6.27. The summed E-state index contributed by atoms with van der Waals surface area (Å²) in [4.78, 5) is 0. The van der Waals surface area contributed by atoms with E-state index in [0.717, 1.165) is 17.2 Å². The minimum Gasteiger partial charge on any atom is -0.389 e. The molecule has 0 bridgehead atoms. The third kappa shape index (κ3) is 3.32. The molecule has 2 aromatic heterocycles. The minimum atomic E-state index is -1.69. The largest absolute Gasteiger partial charge is 0.389 e. The van der Waals surface area contributed by atoms with Crippen LogP contribution in [0.5, 0.6) is 5.75 Å². The van der Waals surface area contributed by atoms with Crippen molar-refractivity contribution < 1.29 is 8.39 Å². The molecule has 0 amide bonds. The number of hydrogen-bond donors (Lipinski definition) is 2. The first-order chi connectivity index (χ1) is 11.7. The van der Waals surface area contributed by atoms with Crippen LogP contribution >= 0.6 is 0 Å². The molecule has 1 unspecified atom stereocenters. The van der Waals surface area contributed by atoms with E-state index < -0.39 is 22.2 Å². The highest BCUT2D eigenvalue weighted by molar-refractivity contribution is 7.78. The first-order valence-corrected chi connectivity index (χ1v) is 9.12. The predicted octanol–water partition coefficient (Wildman–Crippen LogP) is 2.67. The Morgan fingerprint density at radius 1 is 1.16 bits per heavy atom. The molecule has 3 aromatic rings. The Balaban J connectivity index is 1.83. The van der Waals surface area contributed by atoms with Gasteiger partial charge in [0.15, 0.2) is 11.5 Å². The lowest BCUT2D eigenvalue weighted by molar-refractivity contribution is 0.259. The van der Waals surface area contributed by atoms with Crippen LogP contribution < -0.4 is 8.91 Å². The Morgan fingerprint density at radius 2 is 1.84 bits per heavy atom. The number of rotatable bonds is 6. The molecule has 0 radical (unpaired) electrons. The molecule has 25 heavy (non-hydrogen) atoms. The maximum Gasteiger partial charge on any atom is 0.288 e. The SMILES string of the molecule is Cc1cc2nnc(C(C)(C)C(C)(C)NS(=O)Oc3ccccc3)n2[nH]1. The van der Waals surface area contributed by atoms with E-state index in [4.69, 9.17) is 4.18 Å². The number of aromatic nitrogens is 4. The summed E-state index contributed by atoms with van der Waals surface area (Å²) in [5.41, 5.74) is 0.690. The second-order valence-corrected chi connectivity index (χ2v) is 7.98. The van der Waals surface area contributed by atoms with E-state index in [-0.39, 0.29) is 0 Å². The summed E-state index contributed by atoms with van der Waals surface area (Å²) in [5.74, 6) is 1.30. The lowest BCUT2D eigenvalue weighted by atomic mass is 9.74. The van der Waals surface area contributed by atoms with Crippen LogP contribution in [-0.2, 0) is 16.7 Å². The van der Waals surface area contributed by atoms with Crippen LogP contribution in [0, 0.1) is 6.92 Å². The van der Waals surface area contributed by atoms with Crippen molar-refractivity contribution in [2.45, 2.75) is 45.6 Å². The molecule has 0 aliphatic heterocycles. The van der Waals surface area contributed by atoms with E-state index in [1.807, 2.05) is 63.4 Å². The number of hydrogen-bond acceptors (Lipinski definition) is 4. The van der Waals surface area contributed by atoms with Gasteiger partial charge in [-0.05, 0) is 32.9 Å². The second-order valence-electron chi connectivity index (χ2n) is 7.14. The van der Waals surface area contributed by atoms with Crippen molar-refractivity contribution in [3.05, 3.63) is 47.9 Å². The number of H-pyrrole nitrogens is 1. The highest BCUT2D eigenvalue weighted by Gasteiger charge is 2.44. The van der Waals surface area contributed by atoms with Crippen molar-refractivity contribution in [3.8, 4) is 5.75 Å². The van der Waals surface area contributed by atoms with Gasteiger partial charge in [0.05, 0.1) is 0 Å². The summed E-state index contributed by atoms with van der Waals surface area (Å²) in [6.45, 7) is 9.97. The Kier molecular flexibility index (Phi) is 4.42. The highest BCUT2D eigenvalue weighted by Crippen LogP contribution is 2.34. The van der Waals surface area contributed by atoms with Crippen LogP contribution in [0.25, 0.3) is 5.65 Å². The van der Waals surface area contributed by atoms with Crippen LogP contribution in [0.15, 0.2) is 36.4 Å². The summed E-state index contributed by atoms with van der Waals surface area (Å²) in [5, 5.41) is 11.8. The van der Waals surface area contributed by atoms with Gasteiger partial charge in [-0.15, -0.1) is 10.2 Å². The molecule has 0 aliphatic carbocycles. The summed E-state index contributed by atoms with van der Waals surface area (Å²) in [6.07, 6.45) is 0. The molecule has 3 rings (SSSR count). The Hall–Kier alpha value is -2.19. The molecule has 2 heterocycles. The normalized spacial score (nSPS) is 14.0. The molecular formula is C17H23N5O2S. The van der Waals surface area contributed by atoms with Gasteiger partial charge in [-0.2, -0.15) is 8.93 Å². The number of aryl methyl sites for hydroxylation is 1. The molecule has 8 heteroatoms. The van der Waals surface area contributed by atoms with Gasteiger partial charge in [-0.25, -0.2) is 4.52 Å². The average molecular weight is 361 g/mol. The van der Waals surface area contributed by atoms with Gasteiger partial charge < -0.3 is 4.18 Å². The third-order valence-electron chi connectivity index (χ3n) is 4.70. The molecule has 2 N–H and O–H groups in total. The van der Waals surface area contributed by atoms with Gasteiger partial charge in [0.25, 0.3) is 11.3 Å². The number of para-hydroxylation sites is 1. The van der Waals surface area contributed by atoms with Gasteiger partial charge in [0.2, 0.25) is 0 Å². The lowest BCUT2D eigenvalue weighted by Gasteiger charge is -2.39. The fourth-order valence-electron chi connectivity index (χ4n) is 2.51. The molecule has 0 fully saturated rings. The molecule has 134 valence electrons. The fraction of sp³-hybridized carbons (Fsp3) is 0.412. The zero-order valence-electron chi connectivity index (χ0n) is 15.0. The number of benzene rings is 1. The minimum absolute atomic E-state index is 0.487. The average Bonchev–Trinajstić information content (AvgIpc) is 3.06. The Bertz CT molecular complexity index is 898. The number of nitrogens with one attached hydrogen (secondary N) is 2. The molecule has 0 saturated carbocycles. The summed E-state index contributed by atoms with van der Waals surface area (Å²) >= 11 is -1.69. The van der Waals surface area contributed by atoms with E-state index in [0.29, 0.717) is 5.75 Å². The van der Waals surface area contributed by atoms with Crippen molar-refractivity contribution in [1.29, 1.82) is 0 Å². The van der Waals surface area contributed by atoms with Crippen molar-refractivity contribution in [2.24, 2.45) is 0 Å². The zero-order valence-corrected chi connectivity index (χ0v) is 15.8. The topological polar surface area (TPSA) is 84.3 Å². The number of fused-ring (bicyclic) bond motifs is 1. The first-order valence-electron chi connectivity index (χ1n) is 8.05. The van der Waals surface area contributed by atoms with E-state index in [2.05, 4.69) is 20.0 Å². The zero-order chi connectivity index (χ0) is 18.2. The summed E-state index contributed by atoms with van der Waals surface area (Å²) < 4.78 is 22.8. The molecular weight excluding hydrogens is 338 g/mol. The van der Waals surface area contributed by atoms with Gasteiger partial charge >= 0.3 is 0 Å². The van der Waals surface area contributed by atoms with Gasteiger partial charge in [-0.1, -0.05) is 32.0 Å². The fourth-order valence-corrected chi connectivity index (χ4v) is 3.51. The Labute approximate surface area is 149 Å². The van der Waals surface area contributed by atoms with Crippen LogP contribution in [0.3, 0.4) is 0 Å². The predicted molar refractivity (Wildman–Crippen MR) is 97.5 cm³/mol. The highest BCUT2D eigenvalue weighted by atomic mass is 32.2. The maximum absolute atomic E-state index is 12.4. The molecule has 1 atom stereocenters. The molecule has 0 spiro atoms. The maximum atomic E-state index is 12.4. The molecule has 1 aromatic carbocycles. The summed E-state index contributed by atoms with van der Waals surface area (Å²) in [6, 6.07) is 11.0. The van der Waals surface area contributed by atoms with Gasteiger partial charge in [0.1, 0.15) is 5.75 Å². The standard InChI is InChI=1S/C17H23N5O2S/c1-12-11-14-18-19-15(22(14)20-12)16(2,3)17(4,5)21-25(23)24-13-9-7-6-8-10-13/h6-11,20-21H,1-5H3. The number of aromatic amines is 1. The van der Waals surface area contributed by atoms with Crippen LogP contribution in [0.1, 0.15) is 39.2 Å². The van der Waals surface area contributed by atoms with E-state index in [9.17, 15) is 4.21 Å². The van der Waals surface area contributed by atoms with Crippen LogP contribution in [0.2, 0.25) is 0 Å². The third-order valence-corrected chi connectivity index (χ3v) is 5.72. The van der Waals surface area contributed by atoms with Crippen molar-refractivity contribution in [2.75, 3.05) is 0 Å². The van der Waals surface area contributed by atoms with Crippen molar-refractivity contribution in [1.82, 2.24) is 24.5 Å². The monoisotopic (exact) mass is 361 g/mol. The van der Waals surface area contributed by atoms with E-state index in [1.54, 1.807) is 12.1 Å². The molecule has 0 aliphatic rings. The summed E-state index contributed by atoms with van der Waals surface area (Å²) in [7, 11) is 0. The number of nitrogens with zero attached hydrogens (tertiary/aromatic N) is 3. The lowest BCUT2D eigenvalue weighted by Crippen LogP contribution is -2.55. The van der Waals surface area contributed by atoms with Crippen LogP contribution in [-0.4, -0.2) is 29.6 Å². The first kappa shape index (κ1) is 17.6. The van der Waals surface area contributed by atoms with E-state index in [1.165, 1.54) is 0 Å². The van der Waals surface area contributed by atoms with Crippen LogP contribution in [0.4, 0.5) is 0 Å². The Morgan fingerprint density at radius 3 is 2.52 bits per heavy atom. The smallest absolute Gasteiger partial charge is 0.288 e. The van der Waals surface area contributed by atoms with Gasteiger partial charge in [-0.3, -0.25) is 5.10 Å². The van der Waals surface area contributed by atoms with Crippen molar-refractivity contribution in [3.63, 3.8) is 0 Å². The quantitative estimate of drug-likeness (QED) is 0.707. The van der Waals surface area contributed by atoms with E-state index >= 15 is 0 Å². The molecule has 0 saturated heterocycles.